The van der Waals surface area contributed by atoms with E-state index in [-0.39, 0.29) is 0 Å². The van der Waals surface area contributed by atoms with Crippen molar-refractivity contribution in [3.63, 3.8) is 0 Å². The first-order valence-electron chi connectivity index (χ1n) is 8.44. The van der Waals surface area contributed by atoms with E-state index in [4.69, 9.17) is 0 Å². The van der Waals surface area contributed by atoms with Crippen LogP contribution in [0, 0.1) is 0 Å². The SMILES string of the molecule is C1=C(c2ccccc2)S[C@H](c2ccccc2)C[C@@H]1c1ccccc1. The zero-order chi connectivity index (χ0) is 16.2. The van der Waals surface area contributed by atoms with Gasteiger partial charge in [0.1, 0.15) is 0 Å². The van der Waals surface area contributed by atoms with Crippen LogP contribution >= 0.6 is 11.8 Å². The summed E-state index contributed by atoms with van der Waals surface area (Å²) in [5.41, 5.74) is 4.15. The van der Waals surface area contributed by atoms with E-state index < -0.39 is 0 Å². The Bertz CT molecular complexity index is 806. The fraction of sp³-hybridized carbons (Fsp3) is 0.130. The molecule has 0 bridgehead atoms. The highest BCUT2D eigenvalue weighted by Gasteiger charge is 2.25. The summed E-state index contributed by atoms with van der Waals surface area (Å²) >= 11 is 2.00. The Morgan fingerprint density at radius 2 is 1.17 bits per heavy atom. The second-order valence-electron chi connectivity index (χ2n) is 6.17. The molecule has 4 rings (SSSR count). The molecule has 0 saturated carbocycles. The molecule has 0 saturated heterocycles. The van der Waals surface area contributed by atoms with Gasteiger partial charge in [0.05, 0.1) is 0 Å². The monoisotopic (exact) mass is 328 g/mol. The van der Waals surface area contributed by atoms with Crippen LogP contribution in [-0.4, -0.2) is 0 Å². The highest BCUT2D eigenvalue weighted by molar-refractivity contribution is 8.08. The summed E-state index contributed by atoms with van der Waals surface area (Å²) in [5.74, 6) is 0.466. The van der Waals surface area contributed by atoms with Gasteiger partial charge < -0.3 is 0 Å². The summed E-state index contributed by atoms with van der Waals surface area (Å²) in [7, 11) is 0. The molecule has 0 nitrogen and oxygen atoms in total. The molecule has 3 aromatic rings. The van der Waals surface area contributed by atoms with E-state index in [0.29, 0.717) is 11.2 Å². The molecule has 0 aromatic heterocycles. The molecule has 0 fully saturated rings. The Balaban J connectivity index is 1.73. The lowest BCUT2D eigenvalue weighted by Gasteiger charge is -2.29. The zero-order valence-corrected chi connectivity index (χ0v) is 14.3. The first kappa shape index (κ1) is 15.3. The molecule has 0 amide bonds. The highest BCUT2D eigenvalue weighted by atomic mass is 32.2. The molecule has 0 aliphatic carbocycles. The summed E-state index contributed by atoms with van der Waals surface area (Å²) in [4.78, 5) is 1.39. The van der Waals surface area contributed by atoms with Gasteiger partial charge in [-0.3, -0.25) is 0 Å². The molecule has 0 N–H and O–H groups in total. The average molecular weight is 328 g/mol. The van der Waals surface area contributed by atoms with Crippen LogP contribution in [0.15, 0.2) is 97.1 Å². The van der Waals surface area contributed by atoms with E-state index in [1.54, 1.807) is 0 Å². The van der Waals surface area contributed by atoms with Crippen molar-refractivity contribution >= 4 is 16.7 Å². The number of benzene rings is 3. The lowest BCUT2D eigenvalue weighted by molar-refractivity contribution is 0.720. The van der Waals surface area contributed by atoms with Gasteiger partial charge in [0, 0.05) is 16.1 Å². The maximum Gasteiger partial charge on any atom is 0.0353 e. The fourth-order valence-electron chi connectivity index (χ4n) is 3.29. The third-order valence-electron chi connectivity index (χ3n) is 4.55. The third-order valence-corrected chi connectivity index (χ3v) is 5.92. The summed E-state index contributed by atoms with van der Waals surface area (Å²) in [6.45, 7) is 0. The standard InChI is InChI=1S/C23H20S/c1-4-10-18(11-5-1)21-16-22(19-12-6-2-7-13-19)24-23(17-21)20-14-8-3-9-15-20/h1-16,21,23H,17H2/t21-,23+/m1/s1. The van der Waals surface area contributed by atoms with E-state index in [0.717, 1.165) is 6.42 Å². The van der Waals surface area contributed by atoms with Crippen LogP contribution in [0.5, 0.6) is 0 Å². The molecular formula is C23H20S. The normalized spacial score (nSPS) is 20.4. The number of rotatable bonds is 3. The molecule has 3 aromatic carbocycles. The molecule has 0 radical (unpaired) electrons. The van der Waals surface area contributed by atoms with Crippen LogP contribution in [0.25, 0.3) is 4.91 Å². The minimum absolute atomic E-state index is 0.466. The molecule has 1 heterocycles. The zero-order valence-electron chi connectivity index (χ0n) is 13.5. The Morgan fingerprint density at radius 1 is 0.625 bits per heavy atom. The predicted octanol–water partition coefficient (Wildman–Crippen LogP) is 6.69. The summed E-state index contributed by atoms with van der Waals surface area (Å²) in [6, 6.07) is 32.6. The number of hydrogen-bond donors (Lipinski definition) is 0. The number of allylic oxidation sites excluding steroid dienone is 1. The lowest BCUT2D eigenvalue weighted by Crippen LogP contribution is -2.08. The molecule has 0 unspecified atom stereocenters. The van der Waals surface area contributed by atoms with Crippen molar-refractivity contribution in [2.45, 2.75) is 17.6 Å². The molecule has 2 atom stereocenters. The van der Waals surface area contributed by atoms with Gasteiger partial charge in [-0.05, 0) is 23.1 Å². The predicted molar refractivity (Wildman–Crippen MR) is 105 cm³/mol. The van der Waals surface area contributed by atoms with Crippen molar-refractivity contribution in [1.29, 1.82) is 0 Å². The van der Waals surface area contributed by atoms with Gasteiger partial charge in [-0.15, -0.1) is 11.8 Å². The highest BCUT2D eigenvalue weighted by Crippen LogP contribution is 2.50. The molecule has 1 aliphatic rings. The molecule has 1 heteroatoms. The van der Waals surface area contributed by atoms with E-state index in [1.807, 2.05) is 11.8 Å². The summed E-state index contributed by atoms with van der Waals surface area (Å²) in [6.07, 6.45) is 3.60. The van der Waals surface area contributed by atoms with Gasteiger partial charge in [-0.1, -0.05) is 97.1 Å². The van der Waals surface area contributed by atoms with Crippen molar-refractivity contribution in [3.05, 3.63) is 114 Å². The Kier molecular flexibility index (Phi) is 4.53. The van der Waals surface area contributed by atoms with Crippen LogP contribution in [0.3, 0.4) is 0 Å². The average Bonchev–Trinajstić information content (AvgIpc) is 2.70. The second-order valence-corrected chi connectivity index (χ2v) is 7.41. The molecule has 118 valence electrons. The maximum atomic E-state index is 2.45. The fourth-order valence-corrected chi connectivity index (χ4v) is 4.71. The lowest BCUT2D eigenvalue weighted by atomic mass is 9.90. The van der Waals surface area contributed by atoms with E-state index in [1.165, 1.54) is 21.6 Å². The van der Waals surface area contributed by atoms with Crippen molar-refractivity contribution in [2.24, 2.45) is 0 Å². The smallest absolute Gasteiger partial charge is 0.0353 e. The van der Waals surface area contributed by atoms with Crippen LogP contribution < -0.4 is 0 Å². The van der Waals surface area contributed by atoms with Gasteiger partial charge in [0.25, 0.3) is 0 Å². The number of thioether (sulfide) groups is 1. The van der Waals surface area contributed by atoms with Gasteiger partial charge in [0.15, 0.2) is 0 Å². The van der Waals surface area contributed by atoms with Crippen LogP contribution in [0.1, 0.15) is 34.3 Å². The Morgan fingerprint density at radius 3 is 1.79 bits per heavy atom. The Hall–Kier alpha value is -2.25. The first-order chi connectivity index (χ1) is 11.9. The summed E-state index contributed by atoms with van der Waals surface area (Å²) < 4.78 is 0. The van der Waals surface area contributed by atoms with Crippen LogP contribution in [0.2, 0.25) is 0 Å². The minimum Gasteiger partial charge on any atom is -0.118 e. The second kappa shape index (κ2) is 7.11. The minimum atomic E-state index is 0.466. The third kappa shape index (κ3) is 3.32. The van der Waals surface area contributed by atoms with Crippen molar-refractivity contribution in [1.82, 2.24) is 0 Å². The van der Waals surface area contributed by atoms with Crippen LogP contribution in [0.4, 0.5) is 0 Å². The van der Waals surface area contributed by atoms with Crippen molar-refractivity contribution < 1.29 is 0 Å². The quantitative estimate of drug-likeness (QED) is 0.516. The number of hydrogen-bond acceptors (Lipinski definition) is 1. The topological polar surface area (TPSA) is 0 Å². The molecule has 1 aliphatic heterocycles. The van der Waals surface area contributed by atoms with Crippen LogP contribution in [-0.2, 0) is 0 Å². The van der Waals surface area contributed by atoms with E-state index >= 15 is 0 Å². The summed E-state index contributed by atoms with van der Waals surface area (Å²) in [5, 5.41) is 0.497. The van der Waals surface area contributed by atoms with Gasteiger partial charge >= 0.3 is 0 Å². The molecule has 0 spiro atoms. The Labute approximate surface area is 148 Å². The van der Waals surface area contributed by atoms with Gasteiger partial charge in [-0.2, -0.15) is 0 Å². The van der Waals surface area contributed by atoms with Crippen molar-refractivity contribution in [3.8, 4) is 0 Å². The molecule has 24 heavy (non-hydrogen) atoms. The molecular weight excluding hydrogens is 308 g/mol. The van der Waals surface area contributed by atoms with E-state index in [2.05, 4.69) is 97.1 Å². The van der Waals surface area contributed by atoms with Gasteiger partial charge in [0.2, 0.25) is 0 Å². The largest absolute Gasteiger partial charge is 0.118 e. The van der Waals surface area contributed by atoms with E-state index in [9.17, 15) is 0 Å². The van der Waals surface area contributed by atoms with Crippen molar-refractivity contribution in [2.75, 3.05) is 0 Å². The maximum absolute atomic E-state index is 2.45. The van der Waals surface area contributed by atoms with Gasteiger partial charge in [-0.25, -0.2) is 0 Å². The first-order valence-corrected chi connectivity index (χ1v) is 9.32.